The number of aliphatic hydroxyl groups excluding tert-OH is 2. The predicted octanol–water partition coefficient (Wildman–Crippen LogP) is 0.334. The van der Waals surface area contributed by atoms with E-state index in [-0.39, 0.29) is 22.0 Å². The molecule has 0 unspecified atom stereocenters. The van der Waals surface area contributed by atoms with Crippen molar-refractivity contribution in [3.63, 3.8) is 0 Å². The van der Waals surface area contributed by atoms with Crippen LogP contribution in [0.4, 0.5) is 5.69 Å². The van der Waals surface area contributed by atoms with Gasteiger partial charge in [-0.05, 0) is 24.6 Å². The van der Waals surface area contributed by atoms with Gasteiger partial charge in [-0.3, -0.25) is 0 Å². The smallest absolute Gasteiger partial charge is 0.242 e. The first-order valence-electron chi connectivity index (χ1n) is 5.61. The maximum Gasteiger partial charge on any atom is 0.242 e. The van der Waals surface area contributed by atoms with Crippen molar-refractivity contribution in [1.82, 2.24) is 4.72 Å². The summed E-state index contributed by atoms with van der Waals surface area (Å²) in [5.74, 6) is 0. The Balaban J connectivity index is 3.21. The number of hydrogen-bond donors (Lipinski definition) is 4. The van der Waals surface area contributed by atoms with Gasteiger partial charge in [-0.25, -0.2) is 13.1 Å². The highest BCUT2D eigenvalue weighted by Gasteiger charge is 2.33. The van der Waals surface area contributed by atoms with Crippen LogP contribution in [0.3, 0.4) is 0 Å². The molecule has 8 heteroatoms. The Morgan fingerprint density at radius 1 is 1.37 bits per heavy atom. The molecule has 0 radical (unpaired) electrons. The lowest BCUT2D eigenvalue weighted by molar-refractivity contribution is 0.105. The molecule has 108 valence electrons. The minimum absolute atomic E-state index is 0.0163. The second-order valence-electron chi connectivity index (χ2n) is 4.25. The van der Waals surface area contributed by atoms with Crippen LogP contribution >= 0.6 is 11.6 Å². The van der Waals surface area contributed by atoms with Gasteiger partial charge in [0.25, 0.3) is 0 Å². The van der Waals surface area contributed by atoms with Crippen molar-refractivity contribution in [2.75, 3.05) is 18.9 Å². The van der Waals surface area contributed by atoms with Crippen molar-refractivity contribution in [3.05, 3.63) is 23.2 Å². The molecule has 6 nitrogen and oxygen atoms in total. The Kier molecular flexibility index (Phi) is 5.17. The number of nitrogen functional groups attached to an aromatic ring is 1. The molecule has 0 amide bonds. The van der Waals surface area contributed by atoms with Crippen molar-refractivity contribution in [2.45, 2.75) is 23.8 Å². The molecule has 0 aliphatic rings. The fourth-order valence-corrected chi connectivity index (χ4v) is 3.47. The molecule has 0 heterocycles. The summed E-state index contributed by atoms with van der Waals surface area (Å²) in [7, 11) is -3.99. The Morgan fingerprint density at radius 2 is 1.95 bits per heavy atom. The zero-order chi connectivity index (χ0) is 14.7. The van der Waals surface area contributed by atoms with E-state index in [1.54, 1.807) is 6.92 Å². The van der Waals surface area contributed by atoms with Crippen LogP contribution in [0, 0.1) is 0 Å². The van der Waals surface area contributed by atoms with Gasteiger partial charge in [-0.2, -0.15) is 0 Å². The van der Waals surface area contributed by atoms with Crippen LogP contribution in [0.1, 0.15) is 13.3 Å². The van der Waals surface area contributed by atoms with E-state index in [1.807, 2.05) is 0 Å². The molecule has 0 saturated heterocycles. The molecule has 0 bridgehead atoms. The maximum absolute atomic E-state index is 12.2. The summed E-state index contributed by atoms with van der Waals surface area (Å²) < 4.78 is 26.7. The van der Waals surface area contributed by atoms with Crippen LogP contribution in [0.15, 0.2) is 23.1 Å². The van der Waals surface area contributed by atoms with E-state index >= 15 is 0 Å². The van der Waals surface area contributed by atoms with Gasteiger partial charge in [-0.1, -0.05) is 18.5 Å². The highest BCUT2D eigenvalue weighted by atomic mass is 35.5. The molecule has 0 aliphatic carbocycles. The molecule has 0 atom stereocenters. The number of nitrogens with one attached hydrogen (secondary N) is 1. The molecule has 1 rings (SSSR count). The van der Waals surface area contributed by atoms with Gasteiger partial charge in [0.2, 0.25) is 10.0 Å². The minimum atomic E-state index is -3.99. The number of aliphatic hydroxyl groups is 2. The minimum Gasteiger partial charge on any atom is -0.399 e. The molecule has 0 fully saturated rings. The molecule has 1 aromatic carbocycles. The number of benzene rings is 1. The largest absolute Gasteiger partial charge is 0.399 e. The van der Waals surface area contributed by atoms with Crippen LogP contribution < -0.4 is 10.5 Å². The Morgan fingerprint density at radius 3 is 2.42 bits per heavy atom. The average Bonchev–Trinajstić information content (AvgIpc) is 2.39. The van der Waals surface area contributed by atoms with Crippen molar-refractivity contribution in [3.8, 4) is 0 Å². The van der Waals surface area contributed by atoms with Crippen molar-refractivity contribution < 1.29 is 18.6 Å². The molecule has 5 N–H and O–H groups in total. The predicted molar refractivity (Wildman–Crippen MR) is 73.4 cm³/mol. The van der Waals surface area contributed by atoms with E-state index in [2.05, 4.69) is 4.72 Å². The second-order valence-corrected chi connectivity index (χ2v) is 6.30. The standard InChI is InChI=1S/C11H17ClN2O4S/c1-2-11(6-15,7-16)14-19(17,18)10-5-8(13)3-4-9(10)12/h3-5,14-16H,2,6-7,13H2,1H3. The van der Waals surface area contributed by atoms with Crippen LogP contribution in [0.5, 0.6) is 0 Å². The fraction of sp³-hybridized carbons (Fsp3) is 0.455. The van der Waals surface area contributed by atoms with Gasteiger partial charge in [0, 0.05) is 5.69 Å². The lowest BCUT2D eigenvalue weighted by Crippen LogP contribution is -2.53. The summed E-state index contributed by atoms with van der Waals surface area (Å²) >= 11 is 5.84. The normalized spacial score (nSPS) is 12.6. The number of nitrogens with two attached hydrogens (primary N) is 1. The third-order valence-corrected chi connectivity index (χ3v) is 4.94. The monoisotopic (exact) mass is 308 g/mol. The van der Waals surface area contributed by atoms with E-state index in [4.69, 9.17) is 17.3 Å². The molecule has 0 aliphatic heterocycles. The molecular formula is C11H17ClN2O4S. The molecule has 0 aromatic heterocycles. The van der Waals surface area contributed by atoms with Crippen LogP contribution in [0.25, 0.3) is 0 Å². The van der Waals surface area contributed by atoms with Crippen LogP contribution in [-0.2, 0) is 10.0 Å². The number of sulfonamides is 1. The second kappa shape index (κ2) is 6.06. The van der Waals surface area contributed by atoms with E-state index in [1.165, 1.54) is 18.2 Å². The van der Waals surface area contributed by atoms with Gasteiger partial charge in [0.1, 0.15) is 4.90 Å². The Bertz CT molecular complexity index is 535. The van der Waals surface area contributed by atoms with E-state index in [9.17, 15) is 18.6 Å². The number of hydrogen-bond acceptors (Lipinski definition) is 5. The SMILES string of the molecule is CCC(CO)(CO)NS(=O)(=O)c1cc(N)ccc1Cl. The van der Waals surface area contributed by atoms with Crippen LogP contribution in [0.2, 0.25) is 5.02 Å². The van der Waals surface area contributed by atoms with Crippen molar-refractivity contribution >= 4 is 27.3 Å². The molecule has 1 aromatic rings. The summed E-state index contributed by atoms with van der Waals surface area (Å²) in [5, 5.41) is 18.5. The highest BCUT2D eigenvalue weighted by Crippen LogP contribution is 2.25. The van der Waals surface area contributed by atoms with Crippen molar-refractivity contribution in [1.29, 1.82) is 0 Å². The van der Waals surface area contributed by atoms with Gasteiger partial charge < -0.3 is 15.9 Å². The maximum atomic E-state index is 12.2. The third-order valence-electron chi connectivity index (χ3n) is 2.88. The van der Waals surface area contributed by atoms with Crippen molar-refractivity contribution in [2.24, 2.45) is 0 Å². The Hall–Kier alpha value is -0.860. The topological polar surface area (TPSA) is 113 Å². The fourth-order valence-electron chi connectivity index (χ4n) is 1.48. The lowest BCUT2D eigenvalue weighted by Gasteiger charge is -2.29. The van der Waals surface area contributed by atoms with E-state index in [0.29, 0.717) is 0 Å². The van der Waals surface area contributed by atoms with E-state index in [0.717, 1.165) is 0 Å². The zero-order valence-electron chi connectivity index (χ0n) is 10.4. The average molecular weight is 309 g/mol. The molecule has 0 saturated carbocycles. The third kappa shape index (κ3) is 3.58. The summed E-state index contributed by atoms with van der Waals surface area (Å²) in [6.07, 6.45) is 0.221. The first-order valence-corrected chi connectivity index (χ1v) is 7.47. The first kappa shape index (κ1) is 16.2. The zero-order valence-corrected chi connectivity index (χ0v) is 12.0. The highest BCUT2D eigenvalue weighted by molar-refractivity contribution is 7.89. The van der Waals surface area contributed by atoms with E-state index < -0.39 is 28.8 Å². The summed E-state index contributed by atoms with van der Waals surface area (Å²) in [5.41, 5.74) is 4.46. The number of anilines is 1. The molecule has 19 heavy (non-hydrogen) atoms. The summed E-state index contributed by atoms with van der Waals surface area (Å²) in [6.45, 7) is 0.592. The Labute approximate surface area is 117 Å². The van der Waals surface area contributed by atoms with Gasteiger partial charge in [-0.15, -0.1) is 0 Å². The summed E-state index contributed by atoms with van der Waals surface area (Å²) in [4.78, 5) is -0.186. The van der Waals surface area contributed by atoms with Gasteiger partial charge >= 0.3 is 0 Å². The summed E-state index contributed by atoms with van der Waals surface area (Å²) in [6, 6.07) is 4.07. The number of halogens is 1. The van der Waals surface area contributed by atoms with Gasteiger partial charge in [0.15, 0.2) is 0 Å². The van der Waals surface area contributed by atoms with Crippen LogP contribution in [-0.4, -0.2) is 37.4 Å². The quantitative estimate of drug-likeness (QED) is 0.566. The molecular weight excluding hydrogens is 292 g/mol. The molecule has 0 spiro atoms. The number of rotatable bonds is 6. The van der Waals surface area contributed by atoms with Gasteiger partial charge in [0.05, 0.1) is 23.8 Å². The first-order chi connectivity index (χ1) is 8.80. The lowest BCUT2D eigenvalue weighted by atomic mass is 10.0.